The number of hydrogen-bond acceptors (Lipinski definition) is 5. The van der Waals surface area contributed by atoms with Crippen molar-refractivity contribution in [3.05, 3.63) is 54.2 Å². The predicted molar refractivity (Wildman–Crippen MR) is 119 cm³/mol. The summed E-state index contributed by atoms with van der Waals surface area (Å²) in [6, 6.07) is 15.3. The molecule has 1 saturated heterocycles. The van der Waals surface area contributed by atoms with Crippen molar-refractivity contribution < 1.29 is 14.3 Å². The maximum atomic E-state index is 13.2. The van der Waals surface area contributed by atoms with Crippen LogP contribution in [-0.2, 0) is 0 Å². The maximum Gasteiger partial charge on any atom is 0.272 e. The van der Waals surface area contributed by atoms with Gasteiger partial charge in [0.1, 0.15) is 17.2 Å². The van der Waals surface area contributed by atoms with E-state index in [-0.39, 0.29) is 5.91 Å². The van der Waals surface area contributed by atoms with Gasteiger partial charge in [-0.05, 0) is 30.9 Å². The molecular formula is C24H27N3O3. The predicted octanol–water partition coefficient (Wildman–Crippen LogP) is 4.87. The fourth-order valence-electron chi connectivity index (χ4n) is 3.80. The van der Waals surface area contributed by atoms with Gasteiger partial charge in [-0.2, -0.15) is 0 Å². The third kappa shape index (κ3) is 4.17. The molecule has 0 unspecified atom stereocenters. The first-order chi connectivity index (χ1) is 14.6. The number of pyridine rings is 1. The molecule has 6 nitrogen and oxygen atoms in total. The van der Waals surface area contributed by atoms with Gasteiger partial charge in [0.05, 0.1) is 25.4 Å². The quantitative estimate of drug-likeness (QED) is 0.656. The van der Waals surface area contributed by atoms with Gasteiger partial charge in [0, 0.05) is 42.4 Å². The van der Waals surface area contributed by atoms with E-state index < -0.39 is 0 Å². The number of anilines is 2. The maximum absolute atomic E-state index is 13.2. The summed E-state index contributed by atoms with van der Waals surface area (Å²) < 4.78 is 10.8. The van der Waals surface area contributed by atoms with Crippen LogP contribution in [-0.4, -0.2) is 43.1 Å². The minimum absolute atomic E-state index is 0.0149. The summed E-state index contributed by atoms with van der Waals surface area (Å²) in [5.74, 6) is 2.03. The third-order valence-corrected chi connectivity index (χ3v) is 5.64. The van der Waals surface area contributed by atoms with E-state index in [2.05, 4.69) is 17.2 Å². The summed E-state index contributed by atoms with van der Waals surface area (Å²) in [6.45, 7) is 3.80. The molecule has 0 saturated carbocycles. The fraction of sp³-hybridized carbons (Fsp3) is 0.333. The van der Waals surface area contributed by atoms with Crippen LogP contribution in [0.15, 0.2) is 48.5 Å². The van der Waals surface area contributed by atoms with Crippen LogP contribution in [0.4, 0.5) is 11.4 Å². The van der Waals surface area contributed by atoms with E-state index in [4.69, 9.17) is 9.47 Å². The molecule has 1 amide bonds. The molecule has 2 aromatic carbocycles. The zero-order valence-corrected chi connectivity index (χ0v) is 17.6. The van der Waals surface area contributed by atoms with E-state index in [1.807, 2.05) is 53.4 Å². The first-order valence-corrected chi connectivity index (χ1v) is 10.3. The SMILES string of the molecule is COc1cc(Nc2cc(C(=O)N3CCC(C)CC3)nc3ccccc23)cc(OC)c1. The van der Waals surface area contributed by atoms with E-state index >= 15 is 0 Å². The molecule has 156 valence electrons. The largest absolute Gasteiger partial charge is 0.497 e. The second kappa shape index (κ2) is 8.61. The van der Waals surface area contributed by atoms with Crippen LogP contribution < -0.4 is 14.8 Å². The van der Waals surface area contributed by atoms with Gasteiger partial charge < -0.3 is 19.7 Å². The van der Waals surface area contributed by atoms with Crippen molar-refractivity contribution in [3.63, 3.8) is 0 Å². The first kappa shape index (κ1) is 20.0. The minimum atomic E-state index is -0.0149. The van der Waals surface area contributed by atoms with Gasteiger partial charge in [-0.1, -0.05) is 25.1 Å². The molecule has 0 spiro atoms. The Morgan fingerprint density at radius 3 is 2.37 bits per heavy atom. The summed E-state index contributed by atoms with van der Waals surface area (Å²) in [5.41, 5.74) is 2.88. The summed E-state index contributed by atoms with van der Waals surface area (Å²) in [7, 11) is 3.24. The molecule has 1 aromatic heterocycles. The molecule has 0 bridgehead atoms. The molecule has 1 fully saturated rings. The van der Waals surface area contributed by atoms with Crippen molar-refractivity contribution in [2.75, 3.05) is 32.6 Å². The van der Waals surface area contributed by atoms with E-state index in [9.17, 15) is 4.79 Å². The van der Waals surface area contributed by atoms with Crippen LogP contribution in [0.1, 0.15) is 30.3 Å². The lowest BCUT2D eigenvalue weighted by atomic mass is 9.99. The molecule has 1 aliphatic heterocycles. The molecule has 1 N–H and O–H groups in total. The summed E-state index contributed by atoms with van der Waals surface area (Å²) in [6.07, 6.45) is 2.07. The van der Waals surface area contributed by atoms with Gasteiger partial charge in [-0.15, -0.1) is 0 Å². The molecule has 2 heterocycles. The molecule has 1 aliphatic rings. The zero-order valence-electron chi connectivity index (χ0n) is 17.6. The number of rotatable bonds is 5. The van der Waals surface area contributed by atoms with Crippen molar-refractivity contribution in [1.82, 2.24) is 9.88 Å². The molecular weight excluding hydrogens is 378 g/mol. The number of carbonyl (C=O) groups is 1. The van der Waals surface area contributed by atoms with Crippen LogP contribution in [0.5, 0.6) is 11.5 Å². The second-order valence-electron chi connectivity index (χ2n) is 7.77. The number of fused-ring (bicyclic) bond motifs is 1. The highest BCUT2D eigenvalue weighted by Crippen LogP contribution is 2.31. The molecule has 4 rings (SSSR count). The van der Waals surface area contributed by atoms with Crippen LogP contribution in [0.3, 0.4) is 0 Å². The lowest BCUT2D eigenvalue weighted by molar-refractivity contribution is 0.0691. The number of ether oxygens (including phenoxy) is 2. The third-order valence-electron chi connectivity index (χ3n) is 5.64. The Morgan fingerprint density at radius 1 is 1.03 bits per heavy atom. The molecule has 0 aliphatic carbocycles. The topological polar surface area (TPSA) is 63.7 Å². The Bertz CT molecular complexity index is 1040. The van der Waals surface area contributed by atoms with Crippen molar-refractivity contribution >= 4 is 28.2 Å². The Labute approximate surface area is 176 Å². The highest BCUT2D eigenvalue weighted by molar-refractivity contribution is 6.00. The van der Waals surface area contributed by atoms with Crippen LogP contribution >= 0.6 is 0 Å². The first-order valence-electron chi connectivity index (χ1n) is 10.3. The monoisotopic (exact) mass is 405 g/mol. The number of methoxy groups -OCH3 is 2. The number of nitrogens with one attached hydrogen (secondary N) is 1. The number of piperidine rings is 1. The van der Waals surface area contributed by atoms with Crippen LogP contribution in [0.25, 0.3) is 10.9 Å². The normalized spacial score (nSPS) is 14.6. The zero-order chi connectivity index (χ0) is 21.1. The average molecular weight is 405 g/mol. The van der Waals surface area contributed by atoms with Gasteiger partial charge >= 0.3 is 0 Å². The van der Waals surface area contributed by atoms with E-state index in [0.29, 0.717) is 23.1 Å². The number of hydrogen-bond donors (Lipinski definition) is 1. The van der Waals surface area contributed by atoms with Crippen molar-refractivity contribution in [2.24, 2.45) is 5.92 Å². The lowest BCUT2D eigenvalue weighted by Gasteiger charge is -2.30. The van der Waals surface area contributed by atoms with Crippen molar-refractivity contribution in [2.45, 2.75) is 19.8 Å². The fourth-order valence-corrected chi connectivity index (χ4v) is 3.80. The molecule has 6 heteroatoms. The number of nitrogens with zero attached hydrogens (tertiary/aromatic N) is 2. The van der Waals surface area contributed by atoms with Crippen molar-refractivity contribution in [3.8, 4) is 11.5 Å². The molecule has 30 heavy (non-hydrogen) atoms. The summed E-state index contributed by atoms with van der Waals surface area (Å²) >= 11 is 0. The van der Waals surface area contributed by atoms with Crippen LogP contribution in [0.2, 0.25) is 0 Å². The van der Waals surface area contributed by atoms with E-state index in [0.717, 1.165) is 48.2 Å². The Balaban J connectivity index is 1.71. The van der Waals surface area contributed by atoms with Gasteiger partial charge in [-0.3, -0.25) is 4.79 Å². The number of para-hydroxylation sites is 1. The number of likely N-dealkylation sites (tertiary alicyclic amines) is 1. The summed E-state index contributed by atoms with van der Waals surface area (Å²) in [5, 5.41) is 4.38. The number of carbonyl (C=O) groups excluding carboxylic acids is 1. The molecule has 0 atom stereocenters. The highest BCUT2D eigenvalue weighted by atomic mass is 16.5. The standard InChI is InChI=1S/C24H27N3O3/c1-16-8-10-27(11-9-16)24(28)23-15-22(20-6-4-5-7-21(20)26-23)25-17-12-18(29-2)14-19(13-17)30-3/h4-7,12-16H,8-11H2,1-3H3,(H,25,26). The molecule has 3 aromatic rings. The van der Waals surface area contributed by atoms with Crippen molar-refractivity contribution in [1.29, 1.82) is 0 Å². The van der Waals surface area contributed by atoms with Gasteiger partial charge in [0.2, 0.25) is 0 Å². The van der Waals surface area contributed by atoms with E-state index in [1.165, 1.54) is 0 Å². The van der Waals surface area contributed by atoms with Gasteiger partial charge in [-0.25, -0.2) is 4.98 Å². The number of benzene rings is 2. The smallest absolute Gasteiger partial charge is 0.272 e. The minimum Gasteiger partial charge on any atom is -0.497 e. The molecule has 0 radical (unpaired) electrons. The van der Waals surface area contributed by atoms with Gasteiger partial charge in [0.15, 0.2) is 0 Å². The Hall–Kier alpha value is -3.28. The Morgan fingerprint density at radius 2 is 1.70 bits per heavy atom. The number of amides is 1. The Kier molecular flexibility index (Phi) is 5.74. The summed E-state index contributed by atoms with van der Waals surface area (Å²) in [4.78, 5) is 19.7. The van der Waals surface area contributed by atoms with E-state index in [1.54, 1.807) is 14.2 Å². The average Bonchev–Trinajstić information content (AvgIpc) is 2.78. The number of aromatic nitrogens is 1. The van der Waals surface area contributed by atoms with Gasteiger partial charge in [0.25, 0.3) is 5.91 Å². The highest BCUT2D eigenvalue weighted by Gasteiger charge is 2.23. The van der Waals surface area contributed by atoms with Crippen LogP contribution in [0, 0.1) is 5.92 Å². The lowest BCUT2D eigenvalue weighted by Crippen LogP contribution is -2.38. The second-order valence-corrected chi connectivity index (χ2v) is 7.77.